The Morgan fingerprint density at radius 3 is 3.00 bits per heavy atom. The molecule has 1 aromatic heterocycles. The molecule has 0 saturated carbocycles. The van der Waals surface area contributed by atoms with Gasteiger partial charge in [0.1, 0.15) is 0 Å². The lowest BCUT2D eigenvalue weighted by Gasteiger charge is -2.11. The molecule has 2 unspecified atom stereocenters. The lowest BCUT2D eigenvalue weighted by atomic mass is 10.1. The van der Waals surface area contributed by atoms with Gasteiger partial charge in [-0.15, -0.1) is 0 Å². The molecule has 0 radical (unpaired) electrons. The molecule has 0 aromatic carbocycles. The predicted octanol–water partition coefficient (Wildman–Crippen LogP) is 3.68. The Kier molecular flexibility index (Phi) is 4.27. The molecule has 1 aliphatic carbocycles. The van der Waals surface area contributed by atoms with E-state index in [0.29, 0.717) is 0 Å². The third kappa shape index (κ3) is 3.12. The standard InChI is InChI=1S/C15H25NO/c1-3-6-12(2)9-16-10-13-7-4-5-8-15(17)14(13)11-16/h10-12,15,17H,3-9H2,1-2H3. The Balaban J connectivity index is 2.08. The number of aliphatic hydroxyl groups excluding tert-OH is 1. The van der Waals surface area contributed by atoms with Gasteiger partial charge in [-0.3, -0.25) is 0 Å². The number of aryl methyl sites for hydroxylation is 1. The highest BCUT2D eigenvalue weighted by Crippen LogP contribution is 2.29. The molecule has 0 fully saturated rings. The Labute approximate surface area is 105 Å². The van der Waals surface area contributed by atoms with E-state index in [4.69, 9.17) is 0 Å². The van der Waals surface area contributed by atoms with Crippen molar-refractivity contribution in [1.82, 2.24) is 4.57 Å². The molecule has 0 bridgehead atoms. The second-order valence-corrected chi connectivity index (χ2v) is 5.59. The van der Waals surface area contributed by atoms with E-state index in [9.17, 15) is 5.11 Å². The van der Waals surface area contributed by atoms with Crippen LogP contribution in [0.3, 0.4) is 0 Å². The van der Waals surface area contributed by atoms with Crippen LogP contribution >= 0.6 is 0 Å². The van der Waals surface area contributed by atoms with E-state index >= 15 is 0 Å². The van der Waals surface area contributed by atoms with Gasteiger partial charge in [-0.05, 0) is 37.2 Å². The molecule has 2 rings (SSSR count). The molecule has 1 N–H and O–H groups in total. The summed E-state index contributed by atoms with van der Waals surface area (Å²) >= 11 is 0. The topological polar surface area (TPSA) is 25.2 Å². The molecule has 2 atom stereocenters. The van der Waals surface area contributed by atoms with Crippen molar-refractivity contribution in [3.8, 4) is 0 Å². The maximum Gasteiger partial charge on any atom is 0.0807 e. The number of aromatic nitrogens is 1. The van der Waals surface area contributed by atoms with Gasteiger partial charge in [0.05, 0.1) is 6.10 Å². The Morgan fingerprint density at radius 1 is 1.41 bits per heavy atom. The van der Waals surface area contributed by atoms with Crippen molar-refractivity contribution in [2.75, 3.05) is 0 Å². The van der Waals surface area contributed by atoms with Crippen LogP contribution in [-0.2, 0) is 13.0 Å². The van der Waals surface area contributed by atoms with Gasteiger partial charge in [-0.1, -0.05) is 26.7 Å². The molecular weight excluding hydrogens is 210 g/mol. The second kappa shape index (κ2) is 5.72. The van der Waals surface area contributed by atoms with Crippen LogP contribution in [0.1, 0.15) is 63.2 Å². The zero-order valence-corrected chi connectivity index (χ0v) is 11.2. The minimum atomic E-state index is -0.227. The number of fused-ring (bicyclic) bond motifs is 1. The van der Waals surface area contributed by atoms with Crippen LogP contribution in [0, 0.1) is 5.92 Å². The van der Waals surface area contributed by atoms with Gasteiger partial charge in [-0.25, -0.2) is 0 Å². The summed E-state index contributed by atoms with van der Waals surface area (Å²) in [6, 6.07) is 0. The van der Waals surface area contributed by atoms with E-state index < -0.39 is 0 Å². The summed E-state index contributed by atoms with van der Waals surface area (Å²) in [6.45, 7) is 5.64. The highest BCUT2D eigenvalue weighted by Gasteiger charge is 2.18. The fraction of sp³-hybridized carbons (Fsp3) is 0.733. The summed E-state index contributed by atoms with van der Waals surface area (Å²) in [6.07, 6.45) is 11.2. The summed E-state index contributed by atoms with van der Waals surface area (Å²) in [5.74, 6) is 0.730. The molecule has 1 heterocycles. The van der Waals surface area contributed by atoms with Gasteiger partial charge < -0.3 is 9.67 Å². The summed E-state index contributed by atoms with van der Waals surface area (Å²) in [5, 5.41) is 10.1. The fourth-order valence-electron chi connectivity index (χ4n) is 2.94. The van der Waals surface area contributed by atoms with E-state index in [1.165, 1.54) is 30.4 Å². The van der Waals surface area contributed by atoms with Crippen LogP contribution in [0.5, 0.6) is 0 Å². The monoisotopic (exact) mass is 235 g/mol. The van der Waals surface area contributed by atoms with Gasteiger partial charge in [0, 0.05) is 24.5 Å². The second-order valence-electron chi connectivity index (χ2n) is 5.59. The minimum Gasteiger partial charge on any atom is -0.388 e. The van der Waals surface area contributed by atoms with Crippen LogP contribution in [0.2, 0.25) is 0 Å². The molecule has 17 heavy (non-hydrogen) atoms. The summed E-state index contributed by atoms with van der Waals surface area (Å²) in [7, 11) is 0. The molecule has 1 aromatic rings. The first-order valence-corrected chi connectivity index (χ1v) is 7.07. The third-order valence-electron chi connectivity index (χ3n) is 3.83. The SMILES string of the molecule is CCCC(C)Cn1cc2c(c1)C(O)CCCC2. The predicted molar refractivity (Wildman–Crippen MR) is 71.0 cm³/mol. The van der Waals surface area contributed by atoms with Gasteiger partial charge in [-0.2, -0.15) is 0 Å². The number of nitrogens with zero attached hydrogens (tertiary/aromatic N) is 1. The smallest absolute Gasteiger partial charge is 0.0807 e. The summed E-state index contributed by atoms with van der Waals surface area (Å²) in [5.41, 5.74) is 2.56. The zero-order chi connectivity index (χ0) is 12.3. The maximum absolute atomic E-state index is 10.1. The van der Waals surface area contributed by atoms with Crippen LogP contribution in [0.4, 0.5) is 0 Å². The molecule has 0 saturated heterocycles. The lowest BCUT2D eigenvalue weighted by Crippen LogP contribution is -2.05. The van der Waals surface area contributed by atoms with Gasteiger partial charge >= 0.3 is 0 Å². The van der Waals surface area contributed by atoms with Crippen molar-refractivity contribution >= 4 is 0 Å². The Morgan fingerprint density at radius 2 is 2.24 bits per heavy atom. The molecule has 2 nitrogen and oxygen atoms in total. The van der Waals surface area contributed by atoms with Crippen LogP contribution in [-0.4, -0.2) is 9.67 Å². The van der Waals surface area contributed by atoms with Crippen LogP contribution < -0.4 is 0 Å². The van der Waals surface area contributed by atoms with E-state index in [-0.39, 0.29) is 6.10 Å². The largest absolute Gasteiger partial charge is 0.388 e. The zero-order valence-electron chi connectivity index (χ0n) is 11.2. The highest BCUT2D eigenvalue weighted by molar-refractivity contribution is 5.28. The van der Waals surface area contributed by atoms with Crippen LogP contribution in [0.15, 0.2) is 12.4 Å². The van der Waals surface area contributed by atoms with Crippen molar-refractivity contribution in [3.63, 3.8) is 0 Å². The molecule has 2 heteroatoms. The summed E-state index contributed by atoms with van der Waals surface area (Å²) < 4.78 is 2.29. The first kappa shape index (κ1) is 12.7. The number of aliphatic hydroxyl groups is 1. The van der Waals surface area contributed by atoms with Gasteiger partial charge in [0.15, 0.2) is 0 Å². The van der Waals surface area contributed by atoms with E-state index in [1.807, 2.05) is 0 Å². The van der Waals surface area contributed by atoms with Gasteiger partial charge in [0.25, 0.3) is 0 Å². The van der Waals surface area contributed by atoms with Crippen molar-refractivity contribution < 1.29 is 5.11 Å². The van der Waals surface area contributed by atoms with E-state index in [0.717, 1.165) is 31.7 Å². The van der Waals surface area contributed by atoms with Gasteiger partial charge in [0.2, 0.25) is 0 Å². The molecule has 96 valence electrons. The Bertz CT molecular complexity index is 356. The first-order valence-electron chi connectivity index (χ1n) is 7.07. The normalized spacial score (nSPS) is 21.9. The minimum absolute atomic E-state index is 0.227. The average molecular weight is 235 g/mol. The lowest BCUT2D eigenvalue weighted by molar-refractivity contribution is 0.166. The molecule has 0 aliphatic heterocycles. The van der Waals surface area contributed by atoms with Crippen molar-refractivity contribution in [1.29, 1.82) is 0 Å². The average Bonchev–Trinajstić information content (AvgIpc) is 2.60. The number of rotatable bonds is 4. The maximum atomic E-state index is 10.1. The number of hydrogen-bond acceptors (Lipinski definition) is 1. The molecular formula is C15H25NO. The summed E-state index contributed by atoms with van der Waals surface area (Å²) in [4.78, 5) is 0. The highest BCUT2D eigenvalue weighted by atomic mass is 16.3. The molecule has 0 amide bonds. The van der Waals surface area contributed by atoms with E-state index in [2.05, 4.69) is 30.8 Å². The number of hydrogen-bond donors (Lipinski definition) is 1. The van der Waals surface area contributed by atoms with Crippen molar-refractivity contribution in [2.45, 2.75) is 65.0 Å². The molecule has 1 aliphatic rings. The van der Waals surface area contributed by atoms with E-state index in [1.54, 1.807) is 0 Å². The Hall–Kier alpha value is -0.760. The first-order chi connectivity index (χ1) is 8.20. The van der Waals surface area contributed by atoms with Crippen molar-refractivity contribution in [2.24, 2.45) is 5.92 Å². The quantitative estimate of drug-likeness (QED) is 0.791. The third-order valence-corrected chi connectivity index (χ3v) is 3.83. The molecule has 0 spiro atoms. The fourth-order valence-corrected chi connectivity index (χ4v) is 2.94. The van der Waals surface area contributed by atoms with Crippen molar-refractivity contribution in [3.05, 3.63) is 23.5 Å². The van der Waals surface area contributed by atoms with Crippen LogP contribution in [0.25, 0.3) is 0 Å².